The van der Waals surface area contributed by atoms with E-state index in [1.807, 2.05) is 85.7 Å². The molecule has 0 aliphatic rings. The van der Waals surface area contributed by atoms with E-state index in [0.29, 0.717) is 6.42 Å². The molecule has 6 heteroatoms. The zero-order valence-corrected chi connectivity index (χ0v) is 18.4. The topological polar surface area (TPSA) is 58.1 Å². The summed E-state index contributed by atoms with van der Waals surface area (Å²) in [4.78, 5) is 24.0. The van der Waals surface area contributed by atoms with Crippen LogP contribution in [0.2, 0.25) is 0 Å². The van der Waals surface area contributed by atoms with Crippen molar-refractivity contribution in [3.8, 4) is 0 Å². The first-order chi connectivity index (χ1) is 15.1. The van der Waals surface area contributed by atoms with Gasteiger partial charge in [-0.25, -0.2) is 9.97 Å². The molecule has 31 heavy (non-hydrogen) atoms. The van der Waals surface area contributed by atoms with Crippen molar-refractivity contribution < 1.29 is 4.79 Å². The lowest BCUT2D eigenvalue weighted by Crippen LogP contribution is -2.14. The number of carbonyl (C=O) groups excluding carboxylic acids is 1. The van der Waals surface area contributed by atoms with Gasteiger partial charge in [0.2, 0.25) is 5.91 Å². The number of hydrogen-bond donors (Lipinski definition) is 1. The van der Waals surface area contributed by atoms with Gasteiger partial charge < -0.3 is 10.2 Å². The summed E-state index contributed by atoms with van der Waals surface area (Å²) in [5.41, 5.74) is 3.93. The second-order valence-electron chi connectivity index (χ2n) is 7.40. The summed E-state index contributed by atoms with van der Waals surface area (Å²) in [5.74, 6) is 0.975. The Morgan fingerprint density at radius 3 is 2.35 bits per heavy atom. The highest BCUT2D eigenvalue weighted by Crippen LogP contribution is 2.26. The first-order valence-electron chi connectivity index (χ1n) is 10.1. The van der Waals surface area contributed by atoms with Crippen LogP contribution in [-0.4, -0.2) is 35.7 Å². The van der Waals surface area contributed by atoms with Gasteiger partial charge >= 0.3 is 0 Å². The first-order valence-corrected chi connectivity index (χ1v) is 11.1. The van der Waals surface area contributed by atoms with Crippen molar-refractivity contribution >= 4 is 39.9 Å². The van der Waals surface area contributed by atoms with Gasteiger partial charge in [-0.1, -0.05) is 60.3 Å². The molecule has 1 aromatic heterocycles. The summed E-state index contributed by atoms with van der Waals surface area (Å²) in [6.07, 6.45) is 0.656. The minimum atomic E-state index is -0.0603. The zero-order valence-electron chi connectivity index (χ0n) is 17.6. The van der Waals surface area contributed by atoms with Crippen LogP contribution in [0.3, 0.4) is 0 Å². The highest BCUT2D eigenvalue weighted by Gasteiger charge is 2.11. The Morgan fingerprint density at radius 1 is 0.903 bits per heavy atom. The number of fused-ring (bicyclic) bond motifs is 1. The average molecular weight is 429 g/mol. The second-order valence-corrected chi connectivity index (χ2v) is 8.37. The van der Waals surface area contributed by atoms with Gasteiger partial charge in [-0.3, -0.25) is 4.79 Å². The van der Waals surface area contributed by atoms with E-state index < -0.39 is 0 Å². The van der Waals surface area contributed by atoms with Crippen LogP contribution in [0.25, 0.3) is 10.9 Å². The van der Waals surface area contributed by atoms with E-state index >= 15 is 0 Å². The van der Waals surface area contributed by atoms with E-state index in [-0.39, 0.29) is 11.7 Å². The number of nitrogens with one attached hydrogen (secondary N) is 1. The fourth-order valence-electron chi connectivity index (χ4n) is 3.23. The van der Waals surface area contributed by atoms with E-state index in [2.05, 4.69) is 17.4 Å². The number of carbonyl (C=O) groups is 1. The molecule has 0 saturated carbocycles. The van der Waals surface area contributed by atoms with E-state index in [0.717, 1.165) is 38.7 Å². The molecule has 1 heterocycles. The van der Waals surface area contributed by atoms with E-state index in [1.165, 1.54) is 11.8 Å². The summed E-state index contributed by atoms with van der Waals surface area (Å²) in [6.45, 7) is 0. The molecular weight excluding hydrogens is 404 g/mol. The predicted octanol–water partition coefficient (Wildman–Crippen LogP) is 5.02. The van der Waals surface area contributed by atoms with Crippen LogP contribution in [-0.2, 0) is 11.2 Å². The summed E-state index contributed by atoms with van der Waals surface area (Å²) in [5, 5.41) is 4.75. The second kappa shape index (κ2) is 9.62. The first kappa shape index (κ1) is 20.9. The molecule has 156 valence electrons. The van der Waals surface area contributed by atoms with Gasteiger partial charge in [-0.2, -0.15) is 0 Å². The molecule has 3 aromatic carbocycles. The molecule has 0 spiro atoms. The van der Waals surface area contributed by atoms with Gasteiger partial charge in [-0.05, 0) is 35.9 Å². The highest BCUT2D eigenvalue weighted by molar-refractivity contribution is 8.00. The number of benzene rings is 3. The summed E-state index contributed by atoms with van der Waals surface area (Å²) in [7, 11) is 3.98. The van der Waals surface area contributed by atoms with Crippen LogP contribution in [0.1, 0.15) is 11.4 Å². The molecule has 0 aliphatic carbocycles. The lowest BCUT2D eigenvalue weighted by atomic mass is 10.1. The molecular formula is C25H24N4OS. The Bertz CT molecular complexity index is 1180. The Balaban J connectivity index is 1.48. The summed E-state index contributed by atoms with van der Waals surface area (Å²) >= 11 is 1.44. The molecule has 1 amide bonds. The molecule has 0 atom stereocenters. The highest BCUT2D eigenvalue weighted by atomic mass is 32.2. The van der Waals surface area contributed by atoms with E-state index in [9.17, 15) is 4.79 Å². The zero-order chi connectivity index (χ0) is 21.6. The number of aromatic nitrogens is 2. The maximum atomic E-state index is 12.5. The number of hydrogen-bond acceptors (Lipinski definition) is 5. The third-order valence-electron chi connectivity index (χ3n) is 4.83. The van der Waals surface area contributed by atoms with Crippen molar-refractivity contribution in [3.05, 3.63) is 90.3 Å². The van der Waals surface area contributed by atoms with Crippen molar-refractivity contribution in [2.75, 3.05) is 30.1 Å². The lowest BCUT2D eigenvalue weighted by Gasteiger charge is -2.13. The largest absolute Gasteiger partial charge is 0.378 e. The molecule has 5 nitrogen and oxygen atoms in total. The standard InChI is InChI=1S/C25H24N4OS/c1-29(2)20-14-12-19(13-15-20)26-24(30)17-31-25-21-10-6-7-11-22(21)27-23(28-25)16-18-8-4-3-5-9-18/h3-15H,16-17H2,1-2H3,(H,26,30). The fraction of sp³-hybridized carbons (Fsp3) is 0.160. The van der Waals surface area contributed by atoms with Crippen LogP contribution in [0.15, 0.2) is 83.9 Å². The van der Waals surface area contributed by atoms with Crippen LogP contribution < -0.4 is 10.2 Å². The smallest absolute Gasteiger partial charge is 0.234 e. The lowest BCUT2D eigenvalue weighted by molar-refractivity contribution is -0.113. The summed E-state index contributed by atoms with van der Waals surface area (Å²) in [6, 6.07) is 25.9. The van der Waals surface area contributed by atoms with E-state index in [4.69, 9.17) is 9.97 Å². The van der Waals surface area contributed by atoms with Crippen molar-refractivity contribution in [3.63, 3.8) is 0 Å². The number of anilines is 2. The Morgan fingerprint density at radius 2 is 1.61 bits per heavy atom. The molecule has 0 bridgehead atoms. The number of para-hydroxylation sites is 1. The van der Waals surface area contributed by atoms with Crippen LogP contribution in [0, 0.1) is 0 Å². The van der Waals surface area contributed by atoms with Crippen molar-refractivity contribution in [1.82, 2.24) is 9.97 Å². The number of amides is 1. The normalized spacial score (nSPS) is 10.8. The maximum Gasteiger partial charge on any atom is 0.234 e. The van der Waals surface area contributed by atoms with E-state index in [1.54, 1.807) is 0 Å². The van der Waals surface area contributed by atoms with Crippen LogP contribution in [0.5, 0.6) is 0 Å². The van der Waals surface area contributed by atoms with Gasteiger partial charge in [0.05, 0.1) is 11.3 Å². The van der Waals surface area contributed by atoms with Gasteiger partial charge in [0.25, 0.3) is 0 Å². The number of nitrogens with zero attached hydrogens (tertiary/aromatic N) is 3. The Hall–Kier alpha value is -3.38. The molecule has 0 saturated heterocycles. The third kappa shape index (κ3) is 5.41. The SMILES string of the molecule is CN(C)c1ccc(NC(=O)CSc2nc(Cc3ccccc3)nc3ccccc23)cc1. The van der Waals surface area contributed by atoms with Gasteiger partial charge in [0, 0.05) is 37.3 Å². The van der Waals surface area contributed by atoms with Gasteiger partial charge in [-0.15, -0.1) is 0 Å². The molecule has 0 radical (unpaired) electrons. The monoisotopic (exact) mass is 428 g/mol. The molecule has 1 N–H and O–H groups in total. The van der Waals surface area contributed by atoms with Gasteiger partial charge in [0.1, 0.15) is 10.9 Å². The van der Waals surface area contributed by atoms with Crippen molar-refractivity contribution in [2.24, 2.45) is 0 Å². The quantitative estimate of drug-likeness (QED) is 0.331. The summed E-state index contributed by atoms with van der Waals surface area (Å²) < 4.78 is 0. The van der Waals surface area contributed by atoms with Crippen LogP contribution >= 0.6 is 11.8 Å². The molecule has 4 rings (SSSR count). The minimum Gasteiger partial charge on any atom is -0.378 e. The molecule has 4 aromatic rings. The Labute approximate surface area is 186 Å². The fourth-order valence-corrected chi connectivity index (χ4v) is 4.07. The minimum absolute atomic E-state index is 0.0603. The maximum absolute atomic E-state index is 12.5. The van der Waals surface area contributed by atoms with Crippen LogP contribution in [0.4, 0.5) is 11.4 Å². The Kier molecular flexibility index (Phi) is 6.48. The third-order valence-corrected chi connectivity index (χ3v) is 5.82. The number of thioether (sulfide) groups is 1. The molecule has 0 aliphatic heterocycles. The molecule has 0 fully saturated rings. The number of rotatable bonds is 7. The van der Waals surface area contributed by atoms with Crippen molar-refractivity contribution in [1.29, 1.82) is 0 Å². The predicted molar refractivity (Wildman–Crippen MR) is 129 cm³/mol. The van der Waals surface area contributed by atoms with Gasteiger partial charge in [0.15, 0.2) is 0 Å². The average Bonchev–Trinajstić information content (AvgIpc) is 2.78. The molecule has 0 unspecified atom stereocenters. The van der Waals surface area contributed by atoms with Crippen molar-refractivity contribution in [2.45, 2.75) is 11.4 Å².